The van der Waals surface area contributed by atoms with E-state index in [1.165, 1.54) is 18.3 Å². The Morgan fingerprint density at radius 2 is 2.22 bits per heavy atom. The Hall–Kier alpha value is -1.75. The monoisotopic (exact) mass is 265 g/mol. The zero-order chi connectivity index (χ0) is 13.3. The molecule has 0 saturated carbocycles. The highest BCUT2D eigenvalue weighted by Gasteiger charge is 2.12. The molecule has 94 valence electrons. The average Bonchev–Trinajstić information content (AvgIpc) is 2.30. The van der Waals surface area contributed by atoms with Gasteiger partial charge in [0.05, 0.1) is 16.7 Å². The van der Waals surface area contributed by atoms with E-state index < -0.39 is 5.97 Å². The third-order valence-corrected chi connectivity index (χ3v) is 3.09. The molecule has 5 heteroatoms. The molecule has 0 saturated heterocycles. The molecule has 2 rings (SSSR count). The molecule has 0 aliphatic heterocycles. The van der Waals surface area contributed by atoms with Crippen LogP contribution in [0.15, 0.2) is 18.3 Å². The molecule has 1 aromatic carbocycles. The van der Waals surface area contributed by atoms with Crippen LogP contribution in [0.4, 0.5) is 4.39 Å². The third kappa shape index (κ3) is 2.13. The van der Waals surface area contributed by atoms with Gasteiger partial charge in [0.25, 0.3) is 0 Å². The van der Waals surface area contributed by atoms with Gasteiger partial charge in [-0.25, -0.2) is 9.18 Å². The van der Waals surface area contributed by atoms with Gasteiger partial charge in [0.1, 0.15) is 5.82 Å². The molecule has 0 amide bonds. The summed E-state index contributed by atoms with van der Waals surface area (Å²) < 4.78 is 18.6. The minimum absolute atomic E-state index is 0.254. The smallest absolute Gasteiger partial charge is 0.341 e. The highest BCUT2D eigenvalue weighted by atomic mass is 32.1. The lowest BCUT2D eigenvalue weighted by Crippen LogP contribution is -2.06. The first-order valence-corrected chi connectivity index (χ1v) is 5.94. The molecule has 1 heterocycles. The minimum Gasteiger partial charge on any atom is -0.462 e. The number of aromatic nitrogens is 1. The first kappa shape index (κ1) is 12.7. The van der Waals surface area contributed by atoms with E-state index in [4.69, 9.17) is 17.0 Å². The van der Waals surface area contributed by atoms with Crippen LogP contribution >= 0.6 is 12.2 Å². The predicted molar refractivity (Wildman–Crippen MR) is 69.8 cm³/mol. The number of hydrogen-bond acceptors (Lipinski definition) is 3. The molecule has 0 aliphatic rings. The number of aryl methyl sites for hydroxylation is 1. The maximum Gasteiger partial charge on any atom is 0.341 e. The molecular formula is C13H12FNO2S. The van der Waals surface area contributed by atoms with Gasteiger partial charge in [-0.1, -0.05) is 12.2 Å². The van der Waals surface area contributed by atoms with Crippen LogP contribution in [-0.2, 0) is 4.74 Å². The number of halogens is 1. The van der Waals surface area contributed by atoms with Crippen molar-refractivity contribution in [1.82, 2.24) is 4.98 Å². The number of benzene rings is 1. The lowest BCUT2D eigenvalue weighted by Gasteiger charge is -2.07. The minimum atomic E-state index is -0.498. The molecule has 1 N–H and O–H groups in total. The molecule has 18 heavy (non-hydrogen) atoms. The van der Waals surface area contributed by atoms with Gasteiger partial charge in [0, 0.05) is 17.1 Å². The van der Waals surface area contributed by atoms with Crippen molar-refractivity contribution in [2.45, 2.75) is 13.8 Å². The zero-order valence-corrected chi connectivity index (χ0v) is 10.9. The number of rotatable bonds is 2. The van der Waals surface area contributed by atoms with Crippen molar-refractivity contribution in [3.63, 3.8) is 0 Å². The summed E-state index contributed by atoms with van der Waals surface area (Å²) in [5.41, 5.74) is 1.73. The Kier molecular flexibility index (Phi) is 3.43. The first-order valence-electron chi connectivity index (χ1n) is 5.53. The van der Waals surface area contributed by atoms with Crippen molar-refractivity contribution < 1.29 is 13.9 Å². The number of pyridine rings is 1. The Bertz CT molecular complexity index is 678. The van der Waals surface area contributed by atoms with Crippen LogP contribution in [0.25, 0.3) is 10.9 Å². The SMILES string of the molecule is CCOC(=O)c1c[nH]c2c(C)cc(F)cc2c1=S. The Balaban J connectivity index is 2.71. The van der Waals surface area contributed by atoms with Crippen LogP contribution in [0.3, 0.4) is 0 Å². The van der Waals surface area contributed by atoms with E-state index in [1.54, 1.807) is 13.8 Å². The van der Waals surface area contributed by atoms with Crippen LogP contribution < -0.4 is 0 Å². The highest BCUT2D eigenvalue weighted by molar-refractivity contribution is 7.71. The quantitative estimate of drug-likeness (QED) is 0.667. The van der Waals surface area contributed by atoms with E-state index in [1.807, 2.05) is 0 Å². The molecular weight excluding hydrogens is 253 g/mol. The van der Waals surface area contributed by atoms with Gasteiger partial charge < -0.3 is 9.72 Å². The third-order valence-electron chi connectivity index (χ3n) is 2.65. The zero-order valence-electron chi connectivity index (χ0n) is 10.0. The molecule has 2 aromatic rings. The molecule has 0 fully saturated rings. The summed E-state index contributed by atoms with van der Waals surface area (Å²) in [4.78, 5) is 14.6. The summed E-state index contributed by atoms with van der Waals surface area (Å²) in [6, 6.07) is 2.74. The maximum atomic E-state index is 13.4. The van der Waals surface area contributed by atoms with Crippen molar-refractivity contribution in [2.24, 2.45) is 0 Å². The van der Waals surface area contributed by atoms with Crippen molar-refractivity contribution in [3.8, 4) is 0 Å². The molecule has 0 spiro atoms. The van der Waals surface area contributed by atoms with Crippen LogP contribution in [0.1, 0.15) is 22.8 Å². The molecule has 1 aromatic heterocycles. The van der Waals surface area contributed by atoms with Crippen LogP contribution in [0.2, 0.25) is 0 Å². The van der Waals surface area contributed by atoms with Crippen molar-refractivity contribution in [3.05, 3.63) is 39.8 Å². The van der Waals surface area contributed by atoms with Gasteiger partial charge in [-0.15, -0.1) is 0 Å². The van der Waals surface area contributed by atoms with Crippen molar-refractivity contribution >= 4 is 29.1 Å². The van der Waals surface area contributed by atoms with Gasteiger partial charge in [-0.3, -0.25) is 0 Å². The van der Waals surface area contributed by atoms with Crippen molar-refractivity contribution in [2.75, 3.05) is 6.61 Å². The number of aromatic amines is 1. The van der Waals surface area contributed by atoms with Gasteiger partial charge in [0.15, 0.2) is 0 Å². The van der Waals surface area contributed by atoms with Gasteiger partial charge >= 0.3 is 5.97 Å². The van der Waals surface area contributed by atoms with Crippen LogP contribution in [0.5, 0.6) is 0 Å². The van der Waals surface area contributed by atoms with E-state index >= 15 is 0 Å². The fourth-order valence-electron chi connectivity index (χ4n) is 1.83. The molecule has 0 aliphatic carbocycles. The number of ether oxygens (including phenoxy) is 1. The second-order valence-electron chi connectivity index (χ2n) is 3.90. The van der Waals surface area contributed by atoms with E-state index in [0.717, 1.165) is 11.1 Å². The highest BCUT2D eigenvalue weighted by Crippen LogP contribution is 2.21. The lowest BCUT2D eigenvalue weighted by atomic mass is 10.1. The standard InChI is InChI=1S/C13H12FNO2S/c1-3-17-13(16)10-6-15-11-7(2)4-8(14)5-9(11)12(10)18/h4-6H,3H2,1-2H3,(H,15,18). The second-order valence-corrected chi connectivity index (χ2v) is 4.31. The maximum absolute atomic E-state index is 13.4. The van der Waals surface area contributed by atoms with Crippen LogP contribution in [-0.4, -0.2) is 17.6 Å². The average molecular weight is 265 g/mol. The fourth-order valence-corrected chi connectivity index (χ4v) is 2.13. The Labute approximate surface area is 109 Å². The fraction of sp³-hybridized carbons (Fsp3) is 0.231. The van der Waals surface area contributed by atoms with E-state index in [9.17, 15) is 9.18 Å². The molecule has 0 radical (unpaired) electrons. The number of carbonyl (C=O) groups is 1. The van der Waals surface area contributed by atoms with Gasteiger partial charge in [-0.05, 0) is 31.5 Å². The van der Waals surface area contributed by atoms with E-state index in [2.05, 4.69) is 4.98 Å². The Morgan fingerprint density at radius 3 is 2.89 bits per heavy atom. The summed E-state index contributed by atoms with van der Waals surface area (Å²) in [6.07, 6.45) is 1.51. The predicted octanol–water partition coefficient (Wildman–Crippen LogP) is 3.52. The number of H-pyrrole nitrogens is 1. The lowest BCUT2D eigenvalue weighted by molar-refractivity contribution is 0.0525. The topological polar surface area (TPSA) is 42.1 Å². The summed E-state index contributed by atoms with van der Waals surface area (Å²) >= 11 is 5.22. The van der Waals surface area contributed by atoms with E-state index in [-0.39, 0.29) is 18.0 Å². The largest absolute Gasteiger partial charge is 0.462 e. The molecule has 0 bridgehead atoms. The number of nitrogens with one attached hydrogen (secondary N) is 1. The number of fused-ring (bicyclic) bond motifs is 1. The summed E-state index contributed by atoms with van der Waals surface area (Å²) in [5, 5.41) is 0.521. The van der Waals surface area contributed by atoms with Gasteiger partial charge in [-0.2, -0.15) is 0 Å². The van der Waals surface area contributed by atoms with Crippen LogP contribution in [0, 0.1) is 17.3 Å². The second kappa shape index (κ2) is 4.86. The summed E-state index contributed by atoms with van der Waals surface area (Å²) in [6.45, 7) is 3.77. The number of esters is 1. The molecule has 0 unspecified atom stereocenters. The number of carbonyl (C=O) groups excluding carboxylic acids is 1. The Morgan fingerprint density at radius 1 is 1.50 bits per heavy atom. The first-order chi connectivity index (χ1) is 8.54. The molecule has 3 nitrogen and oxygen atoms in total. The number of hydrogen-bond donors (Lipinski definition) is 1. The van der Waals surface area contributed by atoms with E-state index in [0.29, 0.717) is 9.90 Å². The van der Waals surface area contributed by atoms with Gasteiger partial charge in [0.2, 0.25) is 0 Å². The normalized spacial score (nSPS) is 10.6. The van der Waals surface area contributed by atoms with Crippen molar-refractivity contribution in [1.29, 1.82) is 0 Å². The summed E-state index contributed by atoms with van der Waals surface area (Å²) in [5.74, 6) is -0.872. The molecule has 0 atom stereocenters. The summed E-state index contributed by atoms with van der Waals surface area (Å²) in [7, 11) is 0.